The summed E-state index contributed by atoms with van der Waals surface area (Å²) < 4.78 is 9.40. The Hall–Kier alpha value is -1.41. The lowest BCUT2D eigenvalue weighted by molar-refractivity contribution is -0.141. The van der Waals surface area contributed by atoms with Crippen LogP contribution in [-0.4, -0.2) is 36.1 Å². The molecule has 0 aliphatic carbocycles. The monoisotopic (exact) mass is 302 g/mol. The minimum absolute atomic E-state index is 0.177. The summed E-state index contributed by atoms with van der Waals surface area (Å²) in [4.78, 5) is 25.7. The zero-order valence-electron chi connectivity index (χ0n) is 10.3. The molecule has 0 atom stereocenters. The van der Waals surface area contributed by atoms with Crippen molar-refractivity contribution in [1.82, 2.24) is 10.3 Å². The molecule has 0 saturated heterocycles. The first kappa shape index (κ1) is 15.6. The van der Waals surface area contributed by atoms with Crippen molar-refractivity contribution in [3.63, 3.8) is 0 Å². The van der Waals surface area contributed by atoms with Gasteiger partial charge in [0.05, 0.1) is 0 Å². The van der Waals surface area contributed by atoms with E-state index in [1.54, 1.807) is 17.0 Å². The number of hydrogen-bond donors (Lipinski definition) is 1. The molecular formula is C11H14N2O4S2. The third-order valence-corrected chi connectivity index (χ3v) is 3.90. The van der Waals surface area contributed by atoms with Gasteiger partial charge in [-0.25, -0.2) is 9.78 Å². The van der Waals surface area contributed by atoms with Gasteiger partial charge in [0.25, 0.3) is 0 Å². The molecule has 0 bridgehead atoms. The van der Waals surface area contributed by atoms with Gasteiger partial charge in [0.15, 0.2) is 6.73 Å². The van der Waals surface area contributed by atoms with E-state index in [-0.39, 0.29) is 13.3 Å². The van der Waals surface area contributed by atoms with Crippen LogP contribution in [0, 0.1) is 0 Å². The fourth-order valence-electron chi connectivity index (χ4n) is 0.914. The van der Waals surface area contributed by atoms with Crippen molar-refractivity contribution in [2.45, 2.75) is 11.9 Å². The van der Waals surface area contributed by atoms with E-state index in [0.717, 1.165) is 5.03 Å². The minimum Gasteiger partial charge on any atom is -0.449 e. The van der Waals surface area contributed by atoms with Crippen molar-refractivity contribution in [3.8, 4) is 0 Å². The van der Waals surface area contributed by atoms with Gasteiger partial charge in [0.2, 0.25) is 0 Å². The van der Waals surface area contributed by atoms with Gasteiger partial charge in [-0.05, 0) is 22.9 Å². The zero-order chi connectivity index (χ0) is 13.9. The second-order valence-electron chi connectivity index (χ2n) is 3.17. The van der Waals surface area contributed by atoms with Crippen LogP contribution in [0.3, 0.4) is 0 Å². The number of ether oxygens (including phenoxy) is 2. The van der Waals surface area contributed by atoms with Crippen LogP contribution < -0.4 is 5.32 Å². The quantitative estimate of drug-likeness (QED) is 0.357. The van der Waals surface area contributed by atoms with E-state index >= 15 is 0 Å². The molecule has 0 unspecified atom stereocenters. The molecule has 0 aliphatic heterocycles. The first-order valence-corrected chi connectivity index (χ1v) is 7.75. The number of esters is 1. The molecule has 1 N–H and O–H groups in total. The topological polar surface area (TPSA) is 77.5 Å². The number of pyridine rings is 1. The highest BCUT2D eigenvalue weighted by atomic mass is 33.1. The molecule has 1 rings (SSSR count). The second kappa shape index (κ2) is 9.51. The van der Waals surface area contributed by atoms with Crippen molar-refractivity contribution in [3.05, 3.63) is 24.4 Å². The number of aromatic nitrogens is 1. The molecule has 0 radical (unpaired) electrons. The number of carbonyl (C=O) groups is 2. The summed E-state index contributed by atoms with van der Waals surface area (Å²) in [5.74, 6) is 0.185. The van der Waals surface area contributed by atoms with Crippen molar-refractivity contribution >= 4 is 33.7 Å². The second-order valence-corrected chi connectivity index (χ2v) is 5.60. The maximum Gasteiger partial charge on any atom is 0.409 e. The Kier molecular flexibility index (Phi) is 7.83. The first-order chi connectivity index (χ1) is 9.18. The fraction of sp³-hybridized carbons (Fsp3) is 0.364. The van der Waals surface area contributed by atoms with Crippen LogP contribution in [-0.2, 0) is 14.3 Å². The Bertz CT molecular complexity index is 403. The standard InChI is InChI=1S/C11H14N2O4S2/c1-9(14)17-8-13-11(15)16-6-7-18-19-10-4-2-3-5-12-10/h2-5H,6-8H2,1H3,(H,13,15). The lowest BCUT2D eigenvalue weighted by Crippen LogP contribution is -2.28. The van der Waals surface area contributed by atoms with Gasteiger partial charge in [0, 0.05) is 18.9 Å². The Labute approximate surface area is 119 Å². The first-order valence-electron chi connectivity index (χ1n) is 5.43. The number of amides is 1. The number of nitrogens with zero attached hydrogens (tertiary/aromatic N) is 1. The maximum atomic E-state index is 11.1. The summed E-state index contributed by atoms with van der Waals surface area (Å²) in [5, 5.41) is 3.20. The SMILES string of the molecule is CC(=O)OCNC(=O)OCCSSc1ccccn1. The fourth-order valence-corrected chi connectivity index (χ4v) is 2.62. The van der Waals surface area contributed by atoms with E-state index in [1.165, 1.54) is 17.7 Å². The molecule has 6 nitrogen and oxygen atoms in total. The highest BCUT2D eigenvalue weighted by Crippen LogP contribution is 2.28. The molecule has 104 valence electrons. The van der Waals surface area contributed by atoms with E-state index in [1.807, 2.05) is 18.2 Å². The minimum atomic E-state index is -0.607. The molecule has 0 spiro atoms. The smallest absolute Gasteiger partial charge is 0.409 e. The van der Waals surface area contributed by atoms with Crippen molar-refractivity contribution in [2.24, 2.45) is 0 Å². The average molecular weight is 302 g/mol. The third-order valence-electron chi connectivity index (χ3n) is 1.67. The van der Waals surface area contributed by atoms with E-state index in [9.17, 15) is 9.59 Å². The molecular weight excluding hydrogens is 288 g/mol. The van der Waals surface area contributed by atoms with E-state index in [4.69, 9.17) is 4.74 Å². The van der Waals surface area contributed by atoms with Crippen LogP contribution >= 0.6 is 21.6 Å². The summed E-state index contributed by atoms with van der Waals surface area (Å²) in [6.45, 7) is 1.36. The summed E-state index contributed by atoms with van der Waals surface area (Å²) in [6.07, 6.45) is 1.12. The summed E-state index contributed by atoms with van der Waals surface area (Å²) in [6, 6.07) is 5.67. The normalized spacial score (nSPS) is 9.74. The Morgan fingerprint density at radius 2 is 2.21 bits per heavy atom. The van der Waals surface area contributed by atoms with Crippen molar-refractivity contribution < 1.29 is 19.1 Å². The largest absolute Gasteiger partial charge is 0.449 e. The Balaban J connectivity index is 1.98. The lowest BCUT2D eigenvalue weighted by atomic mass is 10.5. The van der Waals surface area contributed by atoms with Gasteiger partial charge >= 0.3 is 12.1 Å². The van der Waals surface area contributed by atoms with E-state index < -0.39 is 12.1 Å². The third kappa shape index (κ3) is 8.33. The van der Waals surface area contributed by atoms with Crippen LogP contribution in [0.25, 0.3) is 0 Å². The van der Waals surface area contributed by atoms with Crippen LogP contribution in [0.5, 0.6) is 0 Å². The maximum absolute atomic E-state index is 11.1. The zero-order valence-corrected chi connectivity index (χ0v) is 12.0. The lowest BCUT2D eigenvalue weighted by Gasteiger charge is -2.06. The van der Waals surface area contributed by atoms with Gasteiger partial charge < -0.3 is 9.47 Å². The van der Waals surface area contributed by atoms with Crippen LogP contribution in [0.15, 0.2) is 29.4 Å². The van der Waals surface area contributed by atoms with Crippen LogP contribution in [0.4, 0.5) is 4.79 Å². The van der Waals surface area contributed by atoms with Crippen molar-refractivity contribution in [2.75, 3.05) is 19.1 Å². The van der Waals surface area contributed by atoms with Gasteiger partial charge in [-0.15, -0.1) is 0 Å². The predicted molar refractivity (Wildman–Crippen MR) is 73.7 cm³/mol. The summed E-state index contributed by atoms with van der Waals surface area (Å²) in [7, 11) is 3.06. The van der Waals surface area contributed by atoms with E-state index in [0.29, 0.717) is 5.75 Å². The van der Waals surface area contributed by atoms with Crippen molar-refractivity contribution in [1.29, 1.82) is 0 Å². The molecule has 0 saturated carbocycles. The number of alkyl carbamates (subject to hydrolysis) is 1. The molecule has 8 heteroatoms. The highest BCUT2D eigenvalue weighted by molar-refractivity contribution is 8.76. The number of hydrogen-bond acceptors (Lipinski definition) is 7. The van der Waals surface area contributed by atoms with Gasteiger partial charge in [-0.1, -0.05) is 16.9 Å². The average Bonchev–Trinajstić information content (AvgIpc) is 2.39. The van der Waals surface area contributed by atoms with Gasteiger partial charge in [-0.3, -0.25) is 10.1 Å². The highest BCUT2D eigenvalue weighted by Gasteiger charge is 2.02. The molecule has 0 aromatic carbocycles. The predicted octanol–water partition coefficient (Wildman–Crippen LogP) is 2.07. The van der Waals surface area contributed by atoms with Gasteiger partial charge in [0.1, 0.15) is 11.6 Å². The van der Waals surface area contributed by atoms with Crippen LogP contribution in [0.1, 0.15) is 6.92 Å². The summed E-state index contributed by atoms with van der Waals surface area (Å²) >= 11 is 0. The van der Waals surface area contributed by atoms with Crippen LogP contribution in [0.2, 0.25) is 0 Å². The molecule has 1 heterocycles. The molecule has 1 amide bonds. The molecule has 1 aromatic rings. The number of nitrogens with one attached hydrogen (secondary N) is 1. The Morgan fingerprint density at radius 1 is 1.37 bits per heavy atom. The number of carbonyl (C=O) groups excluding carboxylic acids is 2. The molecule has 19 heavy (non-hydrogen) atoms. The molecule has 0 aliphatic rings. The number of rotatable bonds is 7. The summed E-state index contributed by atoms with van der Waals surface area (Å²) in [5.41, 5.74) is 0. The molecule has 1 aromatic heterocycles. The Morgan fingerprint density at radius 3 is 2.89 bits per heavy atom. The van der Waals surface area contributed by atoms with E-state index in [2.05, 4.69) is 15.0 Å². The van der Waals surface area contributed by atoms with Gasteiger partial charge in [-0.2, -0.15) is 0 Å². The molecule has 0 fully saturated rings.